The van der Waals surface area contributed by atoms with E-state index in [0.717, 1.165) is 0 Å². The van der Waals surface area contributed by atoms with E-state index in [1.54, 1.807) is 25.3 Å². The van der Waals surface area contributed by atoms with Crippen LogP contribution in [0.1, 0.15) is 17.3 Å². The van der Waals surface area contributed by atoms with Crippen molar-refractivity contribution in [2.45, 2.75) is 19.1 Å². The van der Waals surface area contributed by atoms with Crippen LogP contribution in [-0.2, 0) is 9.47 Å². The number of carbonyl (C=O) groups excluding carboxylic acids is 1. The summed E-state index contributed by atoms with van der Waals surface area (Å²) in [5, 5.41) is 9.79. The van der Waals surface area contributed by atoms with Gasteiger partial charge in [-0.2, -0.15) is 0 Å². The zero-order chi connectivity index (χ0) is 15.0. The fourth-order valence-electron chi connectivity index (χ4n) is 1.56. The van der Waals surface area contributed by atoms with Crippen molar-refractivity contribution < 1.29 is 24.1 Å². The lowest BCUT2D eigenvalue weighted by atomic mass is 10.2. The molecule has 2 unspecified atom stereocenters. The van der Waals surface area contributed by atoms with Crippen molar-refractivity contribution in [2.75, 3.05) is 26.9 Å². The average molecular weight is 347 g/mol. The minimum atomic E-state index is -0.777. The molecular formula is C14H19BrO5. The number of halogens is 1. The van der Waals surface area contributed by atoms with E-state index >= 15 is 0 Å². The molecule has 112 valence electrons. The summed E-state index contributed by atoms with van der Waals surface area (Å²) in [6.07, 6.45) is -0.159. The first-order chi connectivity index (χ1) is 9.58. The fourth-order valence-corrected chi connectivity index (χ4v) is 2.05. The molecule has 1 rings (SSSR count). The van der Waals surface area contributed by atoms with Crippen LogP contribution in [-0.4, -0.2) is 50.5 Å². The maximum atomic E-state index is 10.9. The molecule has 0 aliphatic rings. The first-order valence-corrected chi connectivity index (χ1v) is 7.02. The highest BCUT2D eigenvalue weighted by molar-refractivity contribution is 9.10. The molecule has 0 fully saturated rings. The van der Waals surface area contributed by atoms with Crippen LogP contribution in [0, 0.1) is 0 Å². The summed E-state index contributed by atoms with van der Waals surface area (Å²) in [6, 6.07) is 5.16. The number of methoxy groups -OCH3 is 1. The molecule has 0 bridgehead atoms. The van der Waals surface area contributed by atoms with Gasteiger partial charge in [-0.3, -0.25) is 4.79 Å². The summed E-state index contributed by atoms with van der Waals surface area (Å²) < 4.78 is 16.5. The van der Waals surface area contributed by atoms with Gasteiger partial charge in [0.05, 0.1) is 29.4 Å². The molecule has 0 saturated carbocycles. The Labute approximate surface area is 127 Å². The normalized spacial score (nSPS) is 13.8. The standard InChI is InChI=1S/C14H19BrO5/c1-10(7-18-2)19-8-12(17)9-20-14-11(6-16)4-3-5-13(14)15/h3-6,10,12,17H,7-9H2,1-2H3. The van der Waals surface area contributed by atoms with Gasteiger partial charge in [-0.05, 0) is 35.0 Å². The van der Waals surface area contributed by atoms with Gasteiger partial charge in [0.2, 0.25) is 0 Å². The second kappa shape index (κ2) is 9.07. The molecule has 2 atom stereocenters. The number of hydrogen-bond donors (Lipinski definition) is 1. The van der Waals surface area contributed by atoms with Crippen LogP contribution >= 0.6 is 15.9 Å². The number of aliphatic hydroxyl groups is 1. The Kier molecular flexibility index (Phi) is 7.76. The smallest absolute Gasteiger partial charge is 0.153 e. The molecule has 0 spiro atoms. The molecule has 1 aromatic rings. The molecule has 6 heteroatoms. The lowest BCUT2D eigenvalue weighted by Gasteiger charge is -2.17. The van der Waals surface area contributed by atoms with E-state index < -0.39 is 6.10 Å². The fraction of sp³-hybridized carbons (Fsp3) is 0.500. The molecule has 0 heterocycles. The largest absolute Gasteiger partial charge is 0.489 e. The Balaban J connectivity index is 2.45. The SMILES string of the molecule is COCC(C)OCC(O)COc1c(Br)cccc1C=O. The quantitative estimate of drug-likeness (QED) is 0.693. The maximum absolute atomic E-state index is 10.9. The van der Waals surface area contributed by atoms with E-state index in [1.807, 2.05) is 6.92 Å². The second-order valence-electron chi connectivity index (χ2n) is 4.34. The summed E-state index contributed by atoms with van der Waals surface area (Å²) in [5.74, 6) is 0.423. The van der Waals surface area contributed by atoms with Crippen LogP contribution < -0.4 is 4.74 Å². The first kappa shape index (κ1) is 17.1. The molecule has 0 aliphatic carbocycles. The minimum Gasteiger partial charge on any atom is -0.489 e. The molecule has 5 nitrogen and oxygen atoms in total. The van der Waals surface area contributed by atoms with Crippen molar-refractivity contribution >= 4 is 22.2 Å². The van der Waals surface area contributed by atoms with Gasteiger partial charge >= 0.3 is 0 Å². The Morgan fingerprint density at radius 1 is 1.35 bits per heavy atom. The predicted octanol–water partition coefficient (Wildman–Crippen LogP) is 2.05. The lowest BCUT2D eigenvalue weighted by Crippen LogP contribution is -2.27. The third-order valence-electron chi connectivity index (χ3n) is 2.52. The van der Waals surface area contributed by atoms with Gasteiger partial charge in [0, 0.05) is 7.11 Å². The van der Waals surface area contributed by atoms with E-state index in [4.69, 9.17) is 14.2 Å². The highest BCUT2D eigenvalue weighted by Crippen LogP contribution is 2.28. The third-order valence-corrected chi connectivity index (χ3v) is 3.14. The topological polar surface area (TPSA) is 65.0 Å². The monoisotopic (exact) mass is 346 g/mol. The lowest BCUT2D eigenvalue weighted by molar-refractivity contribution is -0.0423. The molecule has 1 N–H and O–H groups in total. The first-order valence-electron chi connectivity index (χ1n) is 6.23. The van der Waals surface area contributed by atoms with Gasteiger partial charge < -0.3 is 19.3 Å². The highest BCUT2D eigenvalue weighted by Gasteiger charge is 2.12. The maximum Gasteiger partial charge on any atom is 0.153 e. The number of benzene rings is 1. The van der Waals surface area contributed by atoms with Crippen LogP contribution in [0.3, 0.4) is 0 Å². The van der Waals surface area contributed by atoms with Gasteiger partial charge in [-0.15, -0.1) is 0 Å². The Morgan fingerprint density at radius 2 is 2.10 bits per heavy atom. The number of hydrogen-bond acceptors (Lipinski definition) is 5. The van der Waals surface area contributed by atoms with Crippen molar-refractivity contribution in [1.29, 1.82) is 0 Å². The number of aldehydes is 1. The molecule has 0 saturated heterocycles. The summed E-state index contributed by atoms with van der Waals surface area (Å²) in [4.78, 5) is 10.9. The van der Waals surface area contributed by atoms with Crippen LogP contribution in [0.15, 0.2) is 22.7 Å². The van der Waals surface area contributed by atoms with E-state index in [0.29, 0.717) is 28.7 Å². The van der Waals surface area contributed by atoms with Crippen LogP contribution in [0.5, 0.6) is 5.75 Å². The zero-order valence-corrected chi connectivity index (χ0v) is 13.1. The third kappa shape index (κ3) is 5.58. The molecule has 0 aliphatic heterocycles. The molecule has 20 heavy (non-hydrogen) atoms. The van der Waals surface area contributed by atoms with Crippen LogP contribution in [0.2, 0.25) is 0 Å². The number of para-hydroxylation sites is 1. The predicted molar refractivity (Wildman–Crippen MR) is 78.3 cm³/mol. The van der Waals surface area contributed by atoms with Crippen molar-refractivity contribution in [3.05, 3.63) is 28.2 Å². The number of rotatable bonds is 9. The van der Waals surface area contributed by atoms with Crippen molar-refractivity contribution in [3.63, 3.8) is 0 Å². The van der Waals surface area contributed by atoms with Gasteiger partial charge in [0.15, 0.2) is 6.29 Å². The molecule has 1 aromatic carbocycles. The van der Waals surface area contributed by atoms with Crippen molar-refractivity contribution in [3.8, 4) is 5.75 Å². The molecule has 0 amide bonds. The van der Waals surface area contributed by atoms with E-state index in [1.165, 1.54) is 0 Å². The van der Waals surface area contributed by atoms with Gasteiger partial charge in [0.1, 0.15) is 18.5 Å². The zero-order valence-electron chi connectivity index (χ0n) is 11.5. The highest BCUT2D eigenvalue weighted by atomic mass is 79.9. The molecule has 0 radical (unpaired) electrons. The summed E-state index contributed by atoms with van der Waals surface area (Å²) in [6.45, 7) is 2.51. The number of ether oxygens (including phenoxy) is 3. The van der Waals surface area contributed by atoms with E-state index in [9.17, 15) is 9.90 Å². The van der Waals surface area contributed by atoms with Gasteiger partial charge in [-0.25, -0.2) is 0 Å². The Hall–Kier alpha value is -0.950. The number of aliphatic hydroxyl groups excluding tert-OH is 1. The Bertz CT molecular complexity index is 424. The van der Waals surface area contributed by atoms with E-state index in [-0.39, 0.29) is 19.3 Å². The average Bonchev–Trinajstić information content (AvgIpc) is 2.43. The van der Waals surface area contributed by atoms with E-state index in [2.05, 4.69) is 15.9 Å². The minimum absolute atomic E-state index is 0.0448. The van der Waals surface area contributed by atoms with Crippen LogP contribution in [0.4, 0.5) is 0 Å². The summed E-state index contributed by atoms with van der Waals surface area (Å²) in [7, 11) is 1.59. The van der Waals surface area contributed by atoms with Gasteiger partial charge in [0.25, 0.3) is 0 Å². The second-order valence-corrected chi connectivity index (χ2v) is 5.19. The van der Waals surface area contributed by atoms with Crippen molar-refractivity contribution in [1.82, 2.24) is 0 Å². The van der Waals surface area contributed by atoms with Gasteiger partial charge in [-0.1, -0.05) is 6.07 Å². The Morgan fingerprint density at radius 3 is 2.75 bits per heavy atom. The summed E-state index contributed by atoms with van der Waals surface area (Å²) in [5.41, 5.74) is 0.431. The molecular weight excluding hydrogens is 328 g/mol. The summed E-state index contributed by atoms with van der Waals surface area (Å²) >= 11 is 3.31. The molecule has 0 aromatic heterocycles. The number of carbonyl (C=O) groups is 1. The van der Waals surface area contributed by atoms with Crippen LogP contribution in [0.25, 0.3) is 0 Å². The van der Waals surface area contributed by atoms with Crippen molar-refractivity contribution in [2.24, 2.45) is 0 Å².